The Bertz CT molecular complexity index is 3540. The predicted molar refractivity (Wildman–Crippen MR) is 378 cm³/mol. The van der Waals surface area contributed by atoms with Crippen molar-refractivity contribution in [1.29, 1.82) is 0 Å². The number of hydrogen-bond acceptors (Lipinski definition) is 57. The Morgan fingerprint density at radius 1 is 0.375 bits per heavy atom. The van der Waals surface area contributed by atoms with Gasteiger partial charge in [-0.05, 0) is 6.08 Å². The van der Waals surface area contributed by atoms with Gasteiger partial charge >= 0.3 is 17.9 Å². The number of nitrogens with two attached hydrogens (primary N) is 1. The molecule has 10 aliphatic heterocycles. The van der Waals surface area contributed by atoms with E-state index in [1.54, 1.807) is 0 Å². The molecule has 0 spiro atoms. The van der Waals surface area contributed by atoms with Crippen molar-refractivity contribution < 1.29 is 293 Å². The van der Waals surface area contributed by atoms with Crippen molar-refractivity contribution in [2.45, 2.75) is 331 Å². The molecule has 10 heterocycles. The van der Waals surface area contributed by atoms with Crippen molar-refractivity contribution in [3.63, 3.8) is 0 Å². The number of carbonyl (C=O) groups is 3. The first-order valence-electron chi connectivity index (χ1n) is 39.5. The lowest BCUT2D eigenvalue weighted by atomic mass is 9.88. The van der Waals surface area contributed by atoms with E-state index in [0.717, 1.165) is 0 Å². The fourth-order valence-electron chi connectivity index (χ4n) is 15.7. The fourth-order valence-corrected chi connectivity index (χ4v) is 15.7. The van der Waals surface area contributed by atoms with Crippen LogP contribution in [0.25, 0.3) is 0 Å². The smallest absolute Gasteiger partial charge is 0.371 e. The topological polar surface area (TPSA) is 1000 Å². The van der Waals surface area contributed by atoms with E-state index in [9.17, 15) is 203 Å². The number of ether oxygens (including phenoxy) is 19. The molecule has 10 aliphatic rings. The van der Waals surface area contributed by atoms with Crippen LogP contribution in [0.3, 0.4) is 0 Å². The van der Waals surface area contributed by atoms with Gasteiger partial charge in [-0.2, -0.15) is 0 Å². The van der Waals surface area contributed by atoms with E-state index in [4.69, 9.17) is 95.7 Å². The maximum Gasteiger partial charge on any atom is 0.371 e. The SMILES string of the molecule is N[C@H]1CO[C@H](OC[C@@H](O)[C@H]2OC(O)(C(=O)O)C[C@@H](O[C@@]3(C(=O)O)O[C@H]([C@H](O)CO)[C@H](O)[C@H](O)[C@@H]3O)[C@H]2O[C@H]2O[C@H]([C@@H](O)CO)[C@@H](O[C@@H]3O[C@H](CO)[C@@H](O)[C@H](O)[C@H]3O)[C@H](O[C@H]3O[C@H]([C@@H](O)CO[C@H]4O[C@H]([C@@H](O)CO)[C@@H](O)[C@H](O)[C@@H]4O)[C@@H](O)[C@H](O[C@@H]4OC(C(=O)O)=C[C@H](O)[C@H]4O[C@H]4O[C@H]([C@H](O)CO)[C@@H](O)[C@H](O)[C@@H]4O[C@H]4O[C@H]([C@@H](O)CO)[C@@H](O)[C@H](O)[C@@H]4O)[C@@H]3O)[C@@H]2O)[C@H](O)[C@H]1O. The van der Waals surface area contributed by atoms with E-state index in [0.29, 0.717) is 6.08 Å². The zero-order valence-corrected chi connectivity index (χ0v) is 66.2. The van der Waals surface area contributed by atoms with Gasteiger partial charge in [0.25, 0.3) is 11.6 Å². The second-order valence-electron chi connectivity index (χ2n) is 31.8. The summed E-state index contributed by atoms with van der Waals surface area (Å²) in [5, 5.41) is 412. The normalized spacial score (nSPS) is 48.6. The number of aliphatic hydroxyl groups is 34. The number of carboxylic acid groups (broad SMARTS) is 3. The molecule has 128 heavy (non-hydrogen) atoms. The Labute approximate surface area is 717 Å². The highest BCUT2D eigenvalue weighted by Crippen LogP contribution is 2.45. The molecule has 0 saturated carbocycles. The lowest BCUT2D eigenvalue weighted by molar-refractivity contribution is -0.421. The molecule has 0 aromatic rings. The first-order chi connectivity index (χ1) is 60.1. The molecular weight excluding hydrogens is 1770 g/mol. The summed E-state index contributed by atoms with van der Waals surface area (Å²) in [5.41, 5.74) is 5.79. The summed E-state index contributed by atoms with van der Waals surface area (Å²) in [6.07, 6.45) is -130. The van der Waals surface area contributed by atoms with Crippen LogP contribution in [0.1, 0.15) is 6.42 Å². The van der Waals surface area contributed by atoms with Crippen molar-refractivity contribution in [2.75, 3.05) is 59.5 Å². The Balaban J connectivity index is 1.11. The van der Waals surface area contributed by atoms with E-state index in [1.165, 1.54) is 0 Å². The van der Waals surface area contributed by atoms with Crippen LogP contribution in [0.5, 0.6) is 0 Å². The molecule has 0 radical (unpaired) electrons. The minimum absolute atomic E-state index is 0.333. The first kappa shape index (κ1) is 106. The molecule has 9 saturated heterocycles. The fraction of sp³-hybridized carbons (Fsp3) is 0.926. The van der Waals surface area contributed by atoms with Crippen LogP contribution in [0.4, 0.5) is 0 Å². The second-order valence-corrected chi connectivity index (χ2v) is 31.8. The molecule has 53 atom stereocenters. The Kier molecular flexibility index (Phi) is 36.7. The van der Waals surface area contributed by atoms with Crippen molar-refractivity contribution >= 4 is 17.9 Å². The van der Waals surface area contributed by atoms with Crippen LogP contribution in [-0.2, 0) is 104 Å². The summed E-state index contributed by atoms with van der Waals surface area (Å²) in [7, 11) is 0. The molecule has 1 unspecified atom stereocenters. The third kappa shape index (κ3) is 21.9. The van der Waals surface area contributed by atoms with Crippen LogP contribution in [0.2, 0.25) is 0 Å². The van der Waals surface area contributed by atoms with Gasteiger partial charge in [0, 0.05) is 6.42 Å². The van der Waals surface area contributed by atoms with Gasteiger partial charge in [0.2, 0.25) is 12.0 Å². The van der Waals surface area contributed by atoms with Gasteiger partial charge in [0.1, 0.15) is 244 Å². The standard InChI is InChI=1S/C68H111NO59/c69-12-9-110-57(35(95)24(12)84)111-11-20(83)48-50(22(2-67(109,127-48)65(105)106)126-68(66(107)108)55(102)34(94)33(93)46(128-68)17(80)6-73)121-62-41(101)52(54(47(119-62)18(81)7-74)125-59-37(97)26(86)25(85)23(8-75)114-59)123-61-40(100)51(39(99)45(117-61)19(82)10-112-58-36(96)27(87)29(89)42(115-58)14(77)3-70)122-63-49(13(76)1-21(113-63)56(103)104)120-64-53(32(92)31(91)44(118-64)16(79)5-72)124-60-38(98)28(88)30(90)43(116-60)15(78)4-71/h1,12-20,22-55,57-64,70-102,109H,2-11,69H2,(H,103,104)(H,105,106)(H,107,108)/t12-,13-,14-,15-,16+,17+,18-,19-,20+,22+,23+,24-,25+,26-,27-,28-,29-,30-,31-,32-,33+,34-,35+,36-,37+,38-,39+,40-,41-,42+,43+,44+,45+,46+,47+,48+,49+,50+,51-,52+,53-,54+,55-,57+,58-,59-,60+,61+,62+,63-,64+,67?,68+/m0/s1. The monoisotopic (exact) mass is 1890 g/mol. The average Bonchev–Trinajstić information content (AvgIpc) is 0.732. The molecule has 60 heteroatoms. The summed E-state index contributed by atoms with van der Waals surface area (Å²) in [6.45, 7) is -11.7. The predicted octanol–water partition coefficient (Wildman–Crippen LogP) is -25.5. The number of aliphatic carboxylic acids is 3. The van der Waals surface area contributed by atoms with Crippen LogP contribution in [-0.4, -0.2) is 591 Å². The number of hydrogen-bond donors (Lipinski definition) is 38. The molecule has 0 aromatic heterocycles. The van der Waals surface area contributed by atoms with Gasteiger partial charge in [-0.15, -0.1) is 0 Å². The molecule has 9 fully saturated rings. The summed E-state index contributed by atoms with van der Waals surface area (Å²) in [6, 6.07) is -1.31. The van der Waals surface area contributed by atoms with Gasteiger partial charge in [0.15, 0.2) is 50.1 Å². The van der Waals surface area contributed by atoms with Crippen molar-refractivity contribution in [3.05, 3.63) is 11.8 Å². The van der Waals surface area contributed by atoms with Gasteiger partial charge in [-0.1, -0.05) is 0 Å². The molecule has 0 aromatic carbocycles. The minimum atomic E-state index is -4.11. The van der Waals surface area contributed by atoms with Crippen LogP contribution >= 0.6 is 0 Å². The third-order valence-corrected chi connectivity index (χ3v) is 23.0. The molecular formula is C68H111NO59. The molecule has 742 valence electrons. The van der Waals surface area contributed by atoms with Crippen molar-refractivity contribution in [3.8, 4) is 0 Å². The largest absolute Gasteiger partial charge is 0.477 e. The molecule has 60 nitrogen and oxygen atoms in total. The maximum absolute atomic E-state index is 13.7. The van der Waals surface area contributed by atoms with E-state index in [-0.39, 0.29) is 0 Å². The lowest BCUT2D eigenvalue weighted by Crippen LogP contribution is -2.73. The second kappa shape index (κ2) is 44.3. The molecule has 0 amide bonds. The highest BCUT2D eigenvalue weighted by molar-refractivity contribution is 5.84. The van der Waals surface area contributed by atoms with E-state index in [1.807, 2.05) is 0 Å². The number of aliphatic hydroxyl groups excluding tert-OH is 33. The average molecular weight is 1890 g/mol. The number of rotatable bonds is 36. The van der Waals surface area contributed by atoms with Crippen molar-refractivity contribution in [1.82, 2.24) is 0 Å². The van der Waals surface area contributed by atoms with Gasteiger partial charge in [0.05, 0.1) is 71.6 Å². The Morgan fingerprint density at radius 2 is 0.781 bits per heavy atom. The zero-order valence-electron chi connectivity index (χ0n) is 66.2. The minimum Gasteiger partial charge on any atom is -0.477 e. The van der Waals surface area contributed by atoms with Crippen LogP contribution in [0.15, 0.2) is 11.8 Å². The van der Waals surface area contributed by atoms with Crippen molar-refractivity contribution in [2.24, 2.45) is 5.73 Å². The Morgan fingerprint density at radius 3 is 1.31 bits per heavy atom. The molecule has 39 N–H and O–H groups in total. The summed E-state index contributed by atoms with van der Waals surface area (Å²) >= 11 is 0. The van der Waals surface area contributed by atoms with Gasteiger partial charge in [-0.25, -0.2) is 14.4 Å². The van der Waals surface area contributed by atoms with Crippen LogP contribution < -0.4 is 5.73 Å². The Hall–Kier alpha value is -4.17. The van der Waals surface area contributed by atoms with E-state index in [2.05, 4.69) is 0 Å². The molecule has 0 aliphatic carbocycles. The molecule has 10 rings (SSSR count). The summed E-state index contributed by atoms with van der Waals surface area (Å²) in [5.74, 6) is -16.7. The van der Waals surface area contributed by atoms with Gasteiger partial charge in [-0.3, -0.25) is 0 Å². The highest BCUT2D eigenvalue weighted by Gasteiger charge is 2.68. The number of carboxylic acids is 3. The quantitative estimate of drug-likeness (QED) is 0.0277. The molecule has 0 bridgehead atoms. The third-order valence-electron chi connectivity index (χ3n) is 23.0. The van der Waals surface area contributed by atoms with Gasteiger partial charge < -0.3 is 285 Å². The highest BCUT2D eigenvalue weighted by atomic mass is 16.8. The summed E-state index contributed by atoms with van der Waals surface area (Å²) < 4.78 is 109. The zero-order chi connectivity index (χ0) is 95.0. The van der Waals surface area contributed by atoms with E-state index < -0.39 is 414 Å². The van der Waals surface area contributed by atoms with E-state index >= 15 is 0 Å². The lowest BCUT2D eigenvalue weighted by Gasteiger charge is -2.53. The van der Waals surface area contributed by atoms with Crippen LogP contribution in [0, 0.1) is 0 Å². The summed E-state index contributed by atoms with van der Waals surface area (Å²) in [4.78, 5) is 40.0. The first-order valence-corrected chi connectivity index (χ1v) is 39.5. The maximum atomic E-state index is 13.7.